The van der Waals surface area contributed by atoms with Crippen molar-refractivity contribution in [3.8, 4) is 22.8 Å². The topological polar surface area (TPSA) is 12.0 Å². The third-order valence-electron chi connectivity index (χ3n) is 2.98. The average molecular weight is 273 g/mol. The van der Waals surface area contributed by atoms with Crippen LogP contribution >= 0.6 is 11.3 Å². The molecule has 0 aliphatic carbocycles. The third kappa shape index (κ3) is 3.44. The Labute approximate surface area is 117 Å². The van der Waals surface area contributed by atoms with E-state index in [2.05, 4.69) is 11.2 Å². The lowest BCUT2D eigenvalue weighted by atomic mass is 10.1. The molecule has 1 unspecified atom stereocenters. The lowest BCUT2D eigenvalue weighted by Gasteiger charge is -2.11. The Morgan fingerprint density at radius 3 is 2.89 bits per heavy atom. The second-order valence-electron chi connectivity index (χ2n) is 4.30. The molecule has 0 amide bonds. The fourth-order valence-corrected chi connectivity index (χ4v) is 2.61. The van der Waals surface area contributed by atoms with Gasteiger partial charge in [0.2, 0.25) is 0 Å². The van der Waals surface area contributed by atoms with Gasteiger partial charge in [-0.25, -0.2) is 4.39 Å². The van der Waals surface area contributed by atoms with E-state index >= 15 is 0 Å². The fourth-order valence-electron chi connectivity index (χ4n) is 1.87. The number of rotatable bonds is 5. The molecule has 98 valence electrons. The largest absolute Gasteiger partial charge is 0.300 e. The molecule has 0 aliphatic rings. The van der Waals surface area contributed by atoms with E-state index in [1.165, 1.54) is 17.4 Å². The Morgan fingerprint density at radius 2 is 2.26 bits per heavy atom. The van der Waals surface area contributed by atoms with Crippen LogP contribution in [0.4, 0.5) is 4.39 Å². The highest BCUT2D eigenvalue weighted by atomic mass is 32.1. The molecule has 19 heavy (non-hydrogen) atoms. The van der Waals surface area contributed by atoms with Gasteiger partial charge in [0.05, 0.1) is 6.04 Å². The van der Waals surface area contributed by atoms with E-state index in [9.17, 15) is 4.39 Å². The van der Waals surface area contributed by atoms with Gasteiger partial charge in [0, 0.05) is 17.0 Å². The zero-order valence-corrected chi connectivity index (χ0v) is 11.6. The molecule has 0 fully saturated rings. The van der Waals surface area contributed by atoms with Gasteiger partial charge in [-0.05, 0) is 35.6 Å². The van der Waals surface area contributed by atoms with Crippen LogP contribution in [0.2, 0.25) is 0 Å². The highest BCUT2D eigenvalue weighted by Crippen LogP contribution is 2.28. The van der Waals surface area contributed by atoms with Gasteiger partial charge < -0.3 is 0 Å². The minimum absolute atomic E-state index is 0.0650. The molecule has 1 heterocycles. The number of nitrogens with one attached hydrogen (secondary N) is 1. The standard InChI is InChI=1S/C16H16FNS/c1-3-13(4-2)18-11-12-7-8-15(17)14(10-12)16-6-5-9-19-16/h1,5-10,13,18H,4,11H2,2H3. The van der Waals surface area contributed by atoms with Crippen molar-refractivity contribution in [1.29, 1.82) is 0 Å². The Balaban J connectivity index is 2.16. The fraction of sp³-hybridized carbons (Fsp3) is 0.250. The number of thiophene rings is 1. The summed E-state index contributed by atoms with van der Waals surface area (Å²) in [5.41, 5.74) is 1.70. The predicted octanol–water partition coefficient (Wildman–Crippen LogP) is 4.06. The first kappa shape index (κ1) is 13.8. The van der Waals surface area contributed by atoms with Crippen LogP contribution in [-0.2, 0) is 6.54 Å². The van der Waals surface area contributed by atoms with Crippen molar-refractivity contribution in [3.63, 3.8) is 0 Å². The van der Waals surface area contributed by atoms with Gasteiger partial charge in [-0.2, -0.15) is 0 Å². The van der Waals surface area contributed by atoms with Gasteiger partial charge in [-0.15, -0.1) is 17.8 Å². The molecule has 1 nitrogen and oxygen atoms in total. The molecule has 0 radical (unpaired) electrons. The Kier molecular flexibility index (Phi) is 4.73. The highest BCUT2D eigenvalue weighted by molar-refractivity contribution is 7.13. The Bertz CT molecular complexity index is 569. The van der Waals surface area contributed by atoms with E-state index in [4.69, 9.17) is 6.42 Å². The van der Waals surface area contributed by atoms with Crippen LogP contribution in [0.3, 0.4) is 0 Å². The summed E-state index contributed by atoms with van der Waals surface area (Å²) in [6.07, 6.45) is 6.29. The number of terminal acetylenes is 1. The average Bonchev–Trinajstić information content (AvgIpc) is 2.95. The number of hydrogen-bond donors (Lipinski definition) is 1. The van der Waals surface area contributed by atoms with Gasteiger partial charge >= 0.3 is 0 Å². The van der Waals surface area contributed by atoms with Gasteiger partial charge in [-0.3, -0.25) is 5.32 Å². The molecule has 2 aromatic rings. The maximum Gasteiger partial charge on any atom is 0.131 e. The molecular weight excluding hydrogens is 257 g/mol. The second kappa shape index (κ2) is 6.51. The molecule has 1 N–H and O–H groups in total. The predicted molar refractivity (Wildman–Crippen MR) is 79.5 cm³/mol. The molecule has 0 saturated carbocycles. The summed E-state index contributed by atoms with van der Waals surface area (Å²) in [4.78, 5) is 0.948. The van der Waals surface area contributed by atoms with E-state index < -0.39 is 0 Å². The molecule has 0 spiro atoms. The van der Waals surface area contributed by atoms with Crippen LogP contribution in [0.5, 0.6) is 0 Å². The van der Waals surface area contributed by atoms with Crippen molar-refractivity contribution >= 4 is 11.3 Å². The van der Waals surface area contributed by atoms with Gasteiger partial charge in [0.1, 0.15) is 5.82 Å². The van der Waals surface area contributed by atoms with Crippen LogP contribution in [0.25, 0.3) is 10.4 Å². The molecule has 1 aromatic heterocycles. The summed E-state index contributed by atoms with van der Waals surface area (Å²) >= 11 is 1.54. The summed E-state index contributed by atoms with van der Waals surface area (Å²) in [5.74, 6) is 2.51. The van der Waals surface area contributed by atoms with Crippen molar-refractivity contribution < 1.29 is 4.39 Å². The molecule has 0 saturated heterocycles. The van der Waals surface area contributed by atoms with Crippen molar-refractivity contribution in [2.45, 2.75) is 25.9 Å². The van der Waals surface area contributed by atoms with Crippen LogP contribution < -0.4 is 5.32 Å². The molecule has 0 bridgehead atoms. The quantitative estimate of drug-likeness (QED) is 0.810. The van der Waals surface area contributed by atoms with Crippen LogP contribution in [-0.4, -0.2) is 6.04 Å². The third-order valence-corrected chi connectivity index (χ3v) is 3.88. The van der Waals surface area contributed by atoms with Crippen LogP contribution in [0.15, 0.2) is 35.7 Å². The normalized spacial score (nSPS) is 12.1. The second-order valence-corrected chi connectivity index (χ2v) is 5.25. The van der Waals surface area contributed by atoms with Gasteiger partial charge in [0.15, 0.2) is 0 Å². The molecule has 0 aliphatic heterocycles. The summed E-state index contributed by atoms with van der Waals surface area (Å²) in [6.45, 7) is 2.70. The van der Waals surface area contributed by atoms with Crippen LogP contribution in [0, 0.1) is 18.2 Å². The Hall–Kier alpha value is -1.63. The lowest BCUT2D eigenvalue weighted by molar-refractivity contribution is 0.590. The first-order valence-corrected chi connectivity index (χ1v) is 7.14. The first-order valence-electron chi connectivity index (χ1n) is 6.26. The zero-order valence-electron chi connectivity index (χ0n) is 10.8. The molecule has 2 rings (SSSR count). The van der Waals surface area contributed by atoms with E-state index in [0.29, 0.717) is 12.1 Å². The molecular formula is C16H16FNS. The molecule has 1 atom stereocenters. The maximum absolute atomic E-state index is 13.8. The van der Waals surface area contributed by atoms with E-state index in [1.54, 1.807) is 6.07 Å². The summed E-state index contributed by atoms with van der Waals surface area (Å²) < 4.78 is 13.8. The molecule has 3 heteroatoms. The number of benzene rings is 1. The van der Waals surface area contributed by atoms with Crippen molar-refractivity contribution in [1.82, 2.24) is 5.32 Å². The van der Waals surface area contributed by atoms with E-state index in [0.717, 1.165) is 16.9 Å². The number of hydrogen-bond acceptors (Lipinski definition) is 2. The lowest BCUT2D eigenvalue weighted by Crippen LogP contribution is -2.26. The monoisotopic (exact) mass is 273 g/mol. The zero-order chi connectivity index (χ0) is 13.7. The number of halogens is 1. The maximum atomic E-state index is 13.8. The Morgan fingerprint density at radius 1 is 1.42 bits per heavy atom. The van der Waals surface area contributed by atoms with Gasteiger partial charge in [-0.1, -0.05) is 25.0 Å². The minimum atomic E-state index is -0.185. The summed E-state index contributed by atoms with van der Waals surface area (Å²) in [6, 6.07) is 9.12. The van der Waals surface area contributed by atoms with Crippen molar-refractivity contribution in [2.75, 3.05) is 0 Å². The van der Waals surface area contributed by atoms with Crippen LogP contribution in [0.1, 0.15) is 18.9 Å². The van der Waals surface area contributed by atoms with Crippen molar-refractivity contribution in [3.05, 3.63) is 47.1 Å². The van der Waals surface area contributed by atoms with E-state index in [-0.39, 0.29) is 11.9 Å². The first-order chi connectivity index (χ1) is 9.24. The highest BCUT2D eigenvalue weighted by Gasteiger charge is 2.08. The smallest absolute Gasteiger partial charge is 0.131 e. The summed E-state index contributed by atoms with van der Waals surface area (Å²) in [5, 5.41) is 5.22. The van der Waals surface area contributed by atoms with Gasteiger partial charge in [0.25, 0.3) is 0 Å². The van der Waals surface area contributed by atoms with Crippen molar-refractivity contribution in [2.24, 2.45) is 0 Å². The minimum Gasteiger partial charge on any atom is -0.300 e. The van der Waals surface area contributed by atoms with E-state index in [1.807, 2.05) is 30.5 Å². The summed E-state index contributed by atoms with van der Waals surface area (Å²) in [7, 11) is 0. The molecule has 1 aromatic carbocycles. The SMILES string of the molecule is C#CC(CC)NCc1ccc(F)c(-c2cccs2)c1.